The summed E-state index contributed by atoms with van der Waals surface area (Å²) in [6.45, 7) is 7.71. The van der Waals surface area contributed by atoms with Crippen molar-refractivity contribution in [3.63, 3.8) is 0 Å². The number of ether oxygens (including phenoxy) is 2. The molecule has 100 valence electrons. The molecule has 2 rings (SSSR count). The monoisotopic (exact) mass is 249 g/mol. The minimum absolute atomic E-state index is 0.517. The molecule has 1 aliphatic heterocycles. The van der Waals surface area contributed by atoms with Crippen LogP contribution >= 0.6 is 0 Å². The molecule has 0 spiro atoms. The van der Waals surface area contributed by atoms with E-state index < -0.39 is 0 Å². The number of rotatable bonds is 6. The SMILES string of the molecule is CC(C)NCc1ccc(OCC2CCOC2)cc1. The van der Waals surface area contributed by atoms with Crippen LogP contribution in [0.25, 0.3) is 0 Å². The van der Waals surface area contributed by atoms with Gasteiger partial charge in [0.15, 0.2) is 0 Å². The summed E-state index contributed by atoms with van der Waals surface area (Å²) in [5.41, 5.74) is 1.29. The van der Waals surface area contributed by atoms with Gasteiger partial charge >= 0.3 is 0 Å². The highest BCUT2D eigenvalue weighted by Crippen LogP contribution is 2.17. The van der Waals surface area contributed by atoms with Gasteiger partial charge in [-0.3, -0.25) is 0 Å². The maximum Gasteiger partial charge on any atom is 0.119 e. The van der Waals surface area contributed by atoms with Crippen LogP contribution in [0, 0.1) is 5.92 Å². The van der Waals surface area contributed by atoms with Gasteiger partial charge in [-0.2, -0.15) is 0 Å². The van der Waals surface area contributed by atoms with Crippen LogP contribution in [0.15, 0.2) is 24.3 Å². The topological polar surface area (TPSA) is 30.5 Å². The van der Waals surface area contributed by atoms with Crippen molar-refractivity contribution in [2.75, 3.05) is 19.8 Å². The number of benzene rings is 1. The number of nitrogens with one attached hydrogen (secondary N) is 1. The fourth-order valence-electron chi connectivity index (χ4n) is 1.95. The molecule has 1 fully saturated rings. The number of hydrogen-bond acceptors (Lipinski definition) is 3. The summed E-state index contributed by atoms with van der Waals surface area (Å²) in [6, 6.07) is 8.86. The van der Waals surface area contributed by atoms with Crippen LogP contribution in [-0.4, -0.2) is 25.9 Å². The van der Waals surface area contributed by atoms with Crippen LogP contribution in [-0.2, 0) is 11.3 Å². The molecular formula is C15H23NO2. The summed E-state index contributed by atoms with van der Waals surface area (Å²) in [5, 5.41) is 3.40. The normalized spacial score (nSPS) is 19.4. The summed E-state index contributed by atoms with van der Waals surface area (Å²) in [5.74, 6) is 1.52. The first kappa shape index (κ1) is 13.4. The minimum atomic E-state index is 0.517. The van der Waals surface area contributed by atoms with Crippen molar-refractivity contribution in [2.45, 2.75) is 32.9 Å². The molecule has 0 aromatic heterocycles. The molecule has 1 saturated heterocycles. The van der Waals surface area contributed by atoms with Crippen LogP contribution in [0.2, 0.25) is 0 Å². The molecule has 1 aromatic rings. The molecule has 0 saturated carbocycles. The van der Waals surface area contributed by atoms with E-state index in [1.165, 1.54) is 5.56 Å². The molecule has 1 aliphatic rings. The average Bonchev–Trinajstić information content (AvgIpc) is 2.88. The second kappa shape index (κ2) is 6.76. The van der Waals surface area contributed by atoms with Crippen molar-refractivity contribution in [1.29, 1.82) is 0 Å². The summed E-state index contributed by atoms with van der Waals surface area (Å²) >= 11 is 0. The van der Waals surface area contributed by atoms with E-state index in [9.17, 15) is 0 Å². The fourth-order valence-corrected chi connectivity index (χ4v) is 1.95. The second-order valence-corrected chi connectivity index (χ2v) is 5.22. The smallest absolute Gasteiger partial charge is 0.119 e. The molecule has 18 heavy (non-hydrogen) atoms. The molecular weight excluding hydrogens is 226 g/mol. The van der Waals surface area contributed by atoms with Crippen molar-refractivity contribution in [3.8, 4) is 5.75 Å². The van der Waals surface area contributed by atoms with Crippen LogP contribution in [0.1, 0.15) is 25.8 Å². The number of hydrogen-bond donors (Lipinski definition) is 1. The van der Waals surface area contributed by atoms with Gasteiger partial charge in [0.05, 0.1) is 13.2 Å². The van der Waals surface area contributed by atoms with Crippen molar-refractivity contribution >= 4 is 0 Å². The molecule has 3 nitrogen and oxygen atoms in total. The Labute approximate surface area is 109 Å². The van der Waals surface area contributed by atoms with E-state index in [1.54, 1.807) is 0 Å². The largest absolute Gasteiger partial charge is 0.493 e. The van der Waals surface area contributed by atoms with E-state index in [2.05, 4.69) is 31.3 Å². The summed E-state index contributed by atoms with van der Waals surface area (Å²) in [4.78, 5) is 0. The first-order valence-electron chi connectivity index (χ1n) is 6.77. The van der Waals surface area contributed by atoms with Crippen molar-refractivity contribution < 1.29 is 9.47 Å². The zero-order chi connectivity index (χ0) is 12.8. The van der Waals surface area contributed by atoms with Crippen LogP contribution in [0.3, 0.4) is 0 Å². The van der Waals surface area contributed by atoms with Gasteiger partial charge in [-0.25, -0.2) is 0 Å². The molecule has 0 amide bonds. The lowest BCUT2D eigenvalue weighted by Crippen LogP contribution is -2.21. The quantitative estimate of drug-likeness (QED) is 0.840. The van der Waals surface area contributed by atoms with E-state index in [-0.39, 0.29) is 0 Å². The van der Waals surface area contributed by atoms with Gasteiger partial charge in [0.25, 0.3) is 0 Å². The predicted octanol–water partition coefficient (Wildman–Crippen LogP) is 2.60. The molecule has 1 heterocycles. The average molecular weight is 249 g/mol. The summed E-state index contributed by atoms with van der Waals surface area (Å²) < 4.78 is 11.1. The van der Waals surface area contributed by atoms with E-state index in [1.807, 2.05) is 12.1 Å². The lowest BCUT2D eigenvalue weighted by Gasteiger charge is -2.11. The molecule has 1 atom stereocenters. The predicted molar refractivity (Wildman–Crippen MR) is 72.8 cm³/mol. The minimum Gasteiger partial charge on any atom is -0.493 e. The molecule has 0 bridgehead atoms. The van der Waals surface area contributed by atoms with Crippen molar-refractivity contribution in [1.82, 2.24) is 5.32 Å². The fraction of sp³-hybridized carbons (Fsp3) is 0.600. The third kappa shape index (κ3) is 4.31. The van der Waals surface area contributed by atoms with Crippen LogP contribution < -0.4 is 10.1 Å². The summed E-state index contributed by atoms with van der Waals surface area (Å²) in [6.07, 6.45) is 1.12. The zero-order valence-electron chi connectivity index (χ0n) is 11.3. The Morgan fingerprint density at radius 1 is 1.33 bits per heavy atom. The second-order valence-electron chi connectivity index (χ2n) is 5.22. The Balaban J connectivity index is 1.76. The van der Waals surface area contributed by atoms with Crippen molar-refractivity contribution in [3.05, 3.63) is 29.8 Å². The van der Waals surface area contributed by atoms with Gasteiger partial charge in [0.2, 0.25) is 0 Å². The summed E-state index contributed by atoms with van der Waals surface area (Å²) in [7, 11) is 0. The first-order valence-corrected chi connectivity index (χ1v) is 6.77. The van der Waals surface area contributed by atoms with Gasteiger partial charge in [0, 0.05) is 25.1 Å². The lowest BCUT2D eigenvalue weighted by atomic mass is 10.1. The Kier molecular flexibility index (Phi) is 5.02. The van der Waals surface area contributed by atoms with Gasteiger partial charge in [-0.05, 0) is 24.1 Å². The van der Waals surface area contributed by atoms with Crippen LogP contribution in [0.5, 0.6) is 5.75 Å². The Hall–Kier alpha value is -1.06. The highest BCUT2D eigenvalue weighted by molar-refractivity contribution is 5.27. The molecule has 1 N–H and O–H groups in total. The maximum atomic E-state index is 5.77. The third-order valence-corrected chi connectivity index (χ3v) is 3.15. The third-order valence-electron chi connectivity index (χ3n) is 3.15. The van der Waals surface area contributed by atoms with Crippen LogP contribution in [0.4, 0.5) is 0 Å². The molecule has 0 aliphatic carbocycles. The Bertz CT molecular complexity index is 342. The maximum absolute atomic E-state index is 5.77. The van der Waals surface area contributed by atoms with Crippen molar-refractivity contribution in [2.24, 2.45) is 5.92 Å². The lowest BCUT2D eigenvalue weighted by molar-refractivity contribution is 0.167. The van der Waals surface area contributed by atoms with Gasteiger partial charge in [0.1, 0.15) is 5.75 Å². The Morgan fingerprint density at radius 3 is 2.72 bits per heavy atom. The van der Waals surface area contributed by atoms with E-state index in [0.29, 0.717) is 12.0 Å². The van der Waals surface area contributed by atoms with E-state index in [0.717, 1.165) is 38.5 Å². The highest BCUT2D eigenvalue weighted by Gasteiger charge is 2.15. The van der Waals surface area contributed by atoms with Gasteiger partial charge in [-0.15, -0.1) is 0 Å². The molecule has 0 radical (unpaired) electrons. The van der Waals surface area contributed by atoms with Gasteiger partial charge in [-0.1, -0.05) is 26.0 Å². The molecule has 1 aromatic carbocycles. The zero-order valence-corrected chi connectivity index (χ0v) is 11.3. The Morgan fingerprint density at radius 2 is 2.11 bits per heavy atom. The highest BCUT2D eigenvalue weighted by atomic mass is 16.5. The van der Waals surface area contributed by atoms with E-state index in [4.69, 9.17) is 9.47 Å². The van der Waals surface area contributed by atoms with E-state index >= 15 is 0 Å². The standard InChI is InChI=1S/C15H23NO2/c1-12(2)16-9-13-3-5-15(6-4-13)18-11-14-7-8-17-10-14/h3-6,12,14,16H,7-11H2,1-2H3. The van der Waals surface area contributed by atoms with Gasteiger partial charge < -0.3 is 14.8 Å². The molecule has 1 unspecified atom stereocenters. The first-order chi connectivity index (χ1) is 8.74. The molecule has 3 heteroatoms.